The normalized spacial score (nSPS) is 18.4. The number of hydrogen-bond acceptors (Lipinski definition) is 3. The summed E-state index contributed by atoms with van der Waals surface area (Å²) in [6.45, 7) is 11.3. The van der Waals surface area contributed by atoms with Crippen molar-refractivity contribution in [2.24, 2.45) is 13.0 Å². The Hall–Kier alpha value is -0.870. The number of hydrogen-bond donors (Lipinski definition) is 1. The van der Waals surface area contributed by atoms with Crippen LogP contribution in [0.5, 0.6) is 0 Å². The minimum Gasteiger partial charge on any atom is -0.311 e. The fourth-order valence-corrected chi connectivity index (χ4v) is 3.04. The second kappa shape index (κ2) is 6.53. The first kappa shape index (κ1) is 14.5. The van der Waals surface area contributed by atoms with Gasteiger partial charge in [0.25, 0.3) is 0 Å². The molecular formula is C15H28N4. The highest BCUT2D eigenvalue weighted by Crippen LogP contribution is 2.17. The molecule has 19 heavy (non-hydrogen) atoms. The van der Waals surface area contributed by atoms with Crippen LogP contribution in [0.3, 0.4) is 0 Å². The van der Waals surface area contributed by atoms with Gasteiger partial charge < -0.3 is 5.32 Å². The lowest BCUT2D eigenvalue weighted by Gasteiger charge is -2.31. The van der Waals surface area contributed by atoms with Crippen molar-refractivity contribution in [3.05, 3.63) is 17.5 Å². The summed E-state index contributed by atoms with van der Waals surface area (Å²) < 4.78 is 1.90. The molecule has 0 saturated carbocycles. The van der Waals surface area contributed by atoms with E-state index in [0.29, 0.717) is 12.0 Å². The van der Waals surface area contributed by atoms with Crippen LogP contribution in [0.2, 0.25) is 0 Å². The zero-order valence-corrected chi connectivity index (χ0v) is 12.8. The Balaban J connectivity index is 1.83. The molecule has 1 saturated heterocycles. The maximum atomic E-state index is 4.39. The molecule has 1 aliphatic heterocycles. The van der Waals surface area contributed by atoms with Crippen molar-refractivity contribution in [2.45, 2.75) is 46.2 Å². The molecule has 2 rings (SSSR count). The second-order valence-corrected chi connectivity index (χ2v) is 6.10. The molecule has 1 unspecified atom stereocenters. The zero-order chi connectivity index (χ0) is 13.8. The van der Waals surface area contributed by atoms with E-state index < -0.39 is 0 Å². The van der Waals surface area contributed by atoms with E-state index in [1.54, 1.807) is 0 Å². The van der Waals surface area contributed by atoms with Crippen LogP contribution in [0.25, 0.3) is 0 Å². The van der Waals surface area contributed by atoms with Crippen LogP contribution in [0.1, 0.15) is 37.9 Å². The molecule has 0 radical (unpaired) electrons. The van der Waals surface area contributed by atoms with Gasteiger partial charge in [-0.05, 0) is 38.8 Å². The Morgan fingerprint density at radius 1 is 1.32 bits per heavy atom. The SMILES string of the molecule is Cc1nn(C)cc1CNCC(C(C)C)N1CCCC1. The number of likely N-dealkylation sites (tertiary alicyclic amines) is 1. The predicted octanol–water partition coefficient (Wildman–Crippen LogP) is 1.94. The third kappa shape index (κ3) is 3.80. The number of nitrogens with zero attached hydrogens (tertiary/aromatic N) is 3. The van der Waals surface area contributed by atoms with Gasteiger partial charge in [0.2, 0.25) is 0 Å². The van der Waals surface area contributed by atoms with Crippen molar-refractivity contribution in [1.29, 1.82) is 0 Å². The van der Waals surface area contributed by atoms with Crippen LogP contribution in [0, 0.1) is 12.8 Å². The Bertz CT molecular complexity index is 391. The van der Waals surface area contributed by atoms with E-state index in [0.717, 1.165) is 18.8 Å². The lowest BCUT2D eigenvalue weighted by molar-refractivity contribution is 0.186. The van der Waals surface area contributed by atoms with Crippen molar-refractivity contribution in [2.75, 3.05) is 19.6 Å². The van der Waals surface area contributed by atoms with Crippen LogP contribution in [-0.4, -0.2) is 40.4 Å². The molecule has 4 heteroatoms. The van der Waals surface area contributed by atoms with Gasteiger partial charge in [0, 0.05) is 37.9 Å². The summed E-state index contributed by atoms with van der Waals surface area (Å²) in [4.78, 5) is 2.65. The molecule has 0 amide bonds. The van der Waals surface area contributed by atoms with E-state index in [1.165, 1.54) is 31.5 Å². The minimum atomic E-state index is 0.666. The fourth-order valence-electron chi connectivity index (χ4n) is 3.04. The highest BCUT2D eigenvalue weighted by Gasteiger charge is 2.24. The Morgan fingerprint density at radius 3 is 2.53 bits per heavy atom. The molecule has 2 heterocycles. The lowest BCUT2D eigenvalue weighted by atomic mass is 10.0. The molecule has 1 aromatic rings. The first-order valence-corrected chi connectivity index (χ1v) is 7.52. The molecule has 4 nitrogen and oxygen atoms in total. The van der Waals surface area contributed by atoms with Gasteiger partial charge in [-0.3, -0.25) is 9.58 Å². The Morgan fingerprint density at radius 2 is 2.00 bits per heavy atom. The van der Waals surface area contributed by atoms with Crippen LogP contribution in [0.15, 0.2) is 6.20 Å². The molecule has 0 bridgehead atoms. The van der Waals surface area contributed by atoms with Gasteiger partial charge in [-0.25, -0.2) is 0 Å². The van der Waals surface area contributed by atoms with E-state index in [9.17, 15) is 0 Å². The average molecular weight is 264 g/mol. The topological polar surface area (TPSA) is 33.1 Å². The second-order valence-electron chi connectivity index (χ2n) is 6.10. The first-order valence-electron chi connectivity index (χ1n) is 7.52. The summed E-state index contributed by atoms with van der Waals surface area (Å²) in [5.74, 6) is 0.709. The standard InChI is InChI=1S/C15H28N4/c1-12(2)15(19-7-5-6-8-19)10-16-9-14-11-18(4)17-13(14)3/h11-12,15-16H,5-10H2,1-4H3. The van der Waals surface area contributed by atoms with Crippen LogP contribution in [0.4, 0.5) is 0 Å². The molecule has 0 spiro atoms. The fraction of sp³-hybridized carbons (Fsp3) is 0.800. The van der Waals surface area contributed by atoms with E-state index >= 15 is 0 Å². The molecule has 0 aromatic carbocycles. The third-order valence-electron chi connectivity index (χ3n) is 4.16. The van der Waals surface area contributed by atoms with E-state index in [2.05, 4.69) is 42.3 Å². The van der Waals surface area contributed by atoms with Gasteiger partial charge in [-0.2, -0.15) is 5.10 Å². The van der Waals surface area contributed by atoms with Gasteiger partial charge in [0.05, 0.1) is 5.69 Å². The molecule has 108 valence electrons. The van der Waals surface area contributed by atoms with Crippen molar-refractivity contribution >= 4 is 0 Å². The highest BCUT2D eigenvalue weighted by molar-refractivity contribution is 5.14. The van der Waals surface area contributed by atoms with Crippen LogP contribution < -0.4 is 5.32 Å². The summed E-state index contributed by atoms with van der Waals surface area (Å²) in [5.41, 5.74) is 2.45. The zero-order valence-electron chi connectivity index (χ0n) is 12.8. The van der Waals surface area contributed by atoms with Crippen molar-refractivity contribution < 1.29 is 0 Å². The monoisotopic (exact) mass is 264 g/mol. The molecule has 1 aromatic heterocycles. The van der Waals surface area contributed by atoms with Gasteiger partial charge in [-0.1, -0.05) is 13.8 Å². The maximum Gasteiger partial charge on any atom is 0.0638 e. The van der Waals surface area contributed by atoms with Crippen molar-refractivity contribution in [3.63, 3.8) is 0 Å². The van der Waals surface area contributed by atoms with E-state index in [-0.39, 0.29) is 0 Å². The summed E-state index contributed by atoms with van der Waals surface area (Å²) in [6.07, 6.45) is 4.85. The summed E-state index contributed by atoms with van der Waals surface area (Å²) >= 11 is 0. The smallest absolute Gasteiger partial charge is 0.0638 e. The van der Waals surface area contributed by atoms with Crippen molar-refractivity contribution in [3.8, 4) is 0 Å². The molecule has 1 N–H and O–H groups in total. The quantitative estimate of drug-likeness (QED) is 0.852. The van der Waals surface area contributed by atoms with Crippen LogP contribution >= 0.6 is 0 Å². The molecular weight excluding hydrogens is 236 g/mol. The number of rotatable bonds is 6. The summed E-state index contributed by atoms with van der Waals surface area (Å²) in [7, 11) is 1.98. The molecule has 1 fully saturated rings. The van der Waals surface area contributed by atoms with Gasteiger partial charge >= 0.3 is 0 Å². The maximum absolute atomic E-state index is 4.39. The minimum absolute atomic E-state index is 0.666. The van der Waals surface area contributed by atoms with Crippen LogP contribution in [-0.2, 0) is 13.6 Å². The van der Waals surface area contributed by atoms with E-state index in [4.69, 9.17) is 0 Å². The molecule has 1 atom stereocenters. The largest absolute Gasteiger partial charge is 0.311 e. The third-order valence-corrected chi connectivity index (χ3v) is 4.16. The Kier molecular flexibility index (Phi) is 4.99. The molecule has 0 aliphatic carbocycles. The molecule has 1 aliphatic rings. The number of aromatic nitrogens is 2. The summed E-state index contributed by atoms with van der Waals surface area (Å²) in [6, 6.07) is 0.666. The highest BCUT2D eigenvalue weighted by atomic mass is 15.3. The number of aryl methyl sites for hydroxylation is 2. The summed E-state index contributed by atoms with van der Waals surface area (Å²) in [5, 5.41) is 8.01. The van der Waals surface area contributed by atoms with E-state index in [1.807, 2.05) is 11.7 Å². The number of nitrogens with one attached hydrogen (secondary N) is 1. The van der Waals surface area contributed by atoms with Crippen molar-refractivity contribution in [1.82, 2.24) is 20.0 Å². The lowest BCUT2D eigenvalue weighted by Crippen LogP contribution is -2.44. The Labute approximate surface area is 117 Å². The average Bonchev–Trinajstić information content (AvgIpc) is 2.94. The van der Waals surface area contributed by atoms with Gasteiger partial charge in [-0.15, -0.1) is 0 Å². The predicted molar refractivity (Wildman–Crippen MR) is 79.1 cm³/mol. The van der Waals surface area contributed by atoms with Gasteiger partial charge in [0.1, 0.15) is 0 Å². The van der Waals surface area contributed by atoms with Gasteiger partial charge in [0.15, 0.2) is 0 Å². The first-order chi connectivity index (χ1) is 9.08.